The molecule has 0 saturated heterocycles. The highest BCUT2D eigenvalue weighted by Gasteiger charge is 2.12. The van der Waals surface area contributed by atoms with Crippen LogP contribution in [-0.4, -0.2) is 34.9 Å². The van der Waals surface area contributed by atoms with E-state index in [4.69, 9.17) is 16.7 Å². The Morgan fingerprint density at radius 2 is 2.11 bits per heavy atom. The third kappa shape index (κ3) is 2.32. The maximum Gasteiger partial charge on any atom is 0.413 e. The number of hydrogen-bond acceptors (Lipinski definition) is 2. The van der Waals surface area contributed by atoms with Crippen LogP contribution in [0.3, 0.4) is 0 Å². The lowest BCUT2D eigenvalue weighted by atomic mass is 10.6. The molecule has 0 saturated carbocycles. The molecule has 52 valence electrons. The Morgan fingerprint density at radius 3 is 2.22 bits per heavy atom. The van der Waals surface area contributed by atoms with Crippen molar-refractivity contribution < 1.29 is 14.7 Å². The van der Waals surface area contributed by atoms with E-state index < -0.39 is 12.0 Å². The summed E-state index contributed by atoms with van der Waals surface area (Å²) in [5.41, 5.74) is 0. The summed E-state index contributed by atoms with van der Waals surface area (Å²) in [7, 11) is 1.15. The molecule has 0 aliphatic heterocycles. The van der Waals surface area contributed by atoms with Crippen LogP contribution in [0.5, 0.6) is 0 Å². The standard InChI is InChI=1S/C4H6ClNO3/c1-6(4(8)9)3(7)2-5/h2H2,1H3,(H,8,9). The van der Waals surface area contributed by atoms with Crippen LogP contribution in [0, 0.1) is 0 Å². The first-order valence-electron chi connectivity index (χ1n) is 2.15. The van der Waals surface area contributed by atoms with E-state index in [1.54, 1.807) is 0 Å². The van der Waals surface area contributed by atoms with E-state index in [2.05, 4.69) is 0 Å². The number of rotatable bonds is 1. The lowest BCUT2D eigenvalue weighted by Crippen LogP contribution is -2.32. The fourth-order valence-electron chi connectivity index (χ4n) is 0.196. The Morgan fingerprint density at radius 1 is 1.67 bits per heavy atom. The van der Waals surface area contributed by atoms with E-state index in [-0.39, 0.29) is 5.88 Å². The Balaban J connectivity index is 3.88. The zero-order valence-corrected chi connectivity index (χ0v) is 5.55. The average molecular weight is 152 g/mol. The summed E-state index contributed by atoms with van der Waals surface area (Å²) in [6.45, 7) is 0. The van der Waals surface area contributed by atoms with Crippen molar-refractivity contribution in [3.8, 4) is 0 Å². The minimum absolute atomic E-state index is 0.303. The van der Waals surface area contributed by atoms with Gasteiger partial charge in [0.2, 0.25) is 5.91 Å². The molecule has 0 aromatic heterocycles. The minimum Gasteiger partial charge on any atom is -0.465 e. The van der Waals surface area contributed by atoms with Gasteiger partial charge in [-0.1, -0.05) is 0 Å². The summed E-state index contributed by atoms with van der Waals surface area (Å²) in [5, 5.41) is 8.13. The Labute approximate surface area is 57.0 Å². The van der Waals surface area contributed by atoms with Gasteiger partial charge in [0, 0.05) is 7.05 Å². The summed E-state index contributed by atoms with van der Waals surface area (Å²) in [6, 6.07) is 0. The van der Waals surface area contributed by atoms with Crippen LogP contribution in [0.15, 0.2) is 0 Å². The van der Waals surface area contributed by atoms with Gasteiger partial charge in [-0.15, -0.1) is 11.6 Å². The number of carbonyl (C=O) groups excluding carboxylic acids is 1. The van der Waals surface area contributed by atoms with Crippen molar-refractivity contribution in [2.75, 3.05) is 12.9 Å². The fraction of sp³-hybridized carbons (Fsp3) is 0.500. The van der Waals surface area contributed by atoms with E-state index in [0.29, 0.717) is 4.90 Å². The minimum atomic E-state index is -1.29. The SMILES string of the molecule is CN(C(=O)O)C(=O)CCl. The normalized spacial score (nSPS) is 8.67. The van der Waals surface area contributed by atoms with E-state index >= 15 is 0 Å². The number of carboxylic acid groups (broad SMARTS) is 1. The van der Waals surface area contributed by atoms with E-state index in [1.165, 1.54) is 0 Å². The second kappa shape index (κ2) is 3.29. The predicted octanol–water partition coefficient (Wildman–Crippen LogP) is 0.362. The molecule has 0 aliphatic carbocycles. The summed E-state index contributed by atoms with van der Waals surface area (Å²) in [6.07, 6.45) is -1.29. The Kier molecular flexibility index (Phi) is 3.01. The molecule has 0 rings (SSSR count). The predicted molar refractivity (Wildman–Crippen MR) is 31.5 cm³/mol. The van der Waals surface area contributed by atoms with Crippen molar-refractivity contribution in [3.63, 3.8) is 0 Å². The molecule has 0 aromatic rings. The third-order valence-electron chi connectivity index (χ3n) is 0.775. The maximum atomic E-state index is 10.4. The monoisotopic (exact) mass is 151 g/mol. The first kappa shape index (κ1) is 8.23. The van der Waals surface area contributed by atoms with Crippen LogP contribution in [-0.2, 0) is 4.79 Å². The van der Waals surface area contributed by atoms with Crippen molar-refractivity contribution in [2.45, 2.75) is 0 Å². The van der Waals surface area contributed by atoms with Crippen molar-refractivity contribution in [1.29, 1.82) is 0 Å². The molecule has 0 spiro atoms. The highest BCUT2D eigenvalue weighted by atomic mass is 35.5. The molecule has 0 heterocycles. The second-order valence-electron chi connectivity index (χ2n) is 1.37. The van der Waals surface area contributed by atoms with Gasteiger partial charge in [0.05, 0.1) is 0 Å². The average Bonchev–Trinajstić information content (AvgIpc) is 1.84. The highest BCUT2D eigenvalue weighted by molar-refractivity contribution is 6.28. The molecule has 0 atom stereocenters. The van der Waals surface area contributed by atoms with Gasteiger partial charge >= 0.3 is 6.09 Å². The number of alkyl halides is 1. The smallest absolute Gasteiger partial charge is 0.413 e. The number of amides is 2. The molecule has 5 heteroatoms. The fourth-order valence-corrected chi connectivity index (χ4v) is 0.376. The first-order valence-corrected chi connectivity index (χ1v) is 2.68. The molecule has 0 aromatic carbocycles. The molecule has 1 N–H and O–H groups in total. The molecule has 9 heavy (non-hydrogen) atoms. The number of carbonyl (C=O) groups is 2. The van der Waals surface area contributed by atoms with Crippen LogP contribution in [0.1, 0.15) is 0 Å². The summed E-state index contributed by atoms with van der Waals surface area (Å²) >= 11 is 5.04. The topological polar surface area (TPSA) is 57.6 Å². The second-order valence-corrected chi connectivity index (χ2v) is 1.64. The number of hydrogen-bond donors (Lipinski definition) is 1. The quantitative estimate of drug-likeness (QED) is 0.551. The van der Waals surface area contributed by atoms with Gasteiger partial charge < -0.3 is 5.11 Å². The van der Waals surface area contributed by atoms with Crippen LogP contribution in [0.4, 0.5) is 4.79 Å². The summed E-state index contributed by atoms with van der Waals surface area (Å²) < 4.78 is 0. The van der Waals surface area contributed by atoms with Gasteiger partial charge in [0.25, 0.3) is 0 Å². The van der Waals surface area contributed by atoms with Crippen LogP contribution >= 0.6 is 11.6 Å². The number of nitrogens with zero attached hydrogens (tertiary/aromatic N) is 1. The van der Waals surface area contributed by atoms with Crippen molar-refractivity contribution >= 4 is 23.6 Å². The zero-order valence-electron chi connectivity index (χ0n) is 4.80. The largest absolute Gasteiger partial charge is 0.465 e. The molecule has 0 fully saturated rings. The van der Waals surface area contributed by atoms with Crippen molar-refractivity contribution in [2.24, 2.45) is 0 Å². The Hall–Kier alpha value is -0.770. The van der Waals surface area contributed by atoms with E-state index in [1.807, 2.05) is 0 Å². The molecule has 0 aliphatic rings. The number of halogens is 1. The molecule has 0 bridgehead atoms. The molecule has 2 amide bonds. The Bertz CT molecular complexity index is 136. The van der Waals surface area contributed by atoms with Gasteiger partial charge in [-0.25, -0.2) is 9.69 Å². The molecular weight excluding hydrogens is 146 g/mol. The molecule has 0 unspecified atom stereocenters. The summed E-state index contributed by atoms with van der Waals surface area (Å²) in [4.78, 5) is 20.8. The van der Waals surface area contributed by atoms with Gasteiger partial charge in [0.15, 0.2) is 0 Å². The van der Waals surface area contributed by atoms with Gasteiger partial charge in [-0.2, -0.15) is 0 Å². The van der Waals surface area contributed by atoms with Gasteiger partial charge in [-0.05, 0) is 0 Å². The van der Waals surface area contributed by atoms with Crippen LogP contribution in [0.2, 0.25) is 0 Å². The number of imide groups is 1. The molecular formula is C4H6ClNO3. The highest BCUT2D eigenvalue weighted by Crippen LogP contribution is 1.87. The molecule has 0 radical (unpaired) electrons. The van der Waals surface area contributed by atoms with E-state index in [9.17, 15) is 9.59 Å². The lowest BCUT2D eigenvalue weighted by Gasteiger charge is -2.06. The third-order valence-corrected chi connectivity index (χ3v) is 1.00. The summed E-state index contributed by atoms with van der Waals surface area (Å²) in [5.74, 6) is -0.924. The maximum absolute atomic E-state index is 10.4. The molecule has 4 nitrogen and oxygen atoms in total. The van der Waals surface area contributed by atoms with Crippen molar-refractivity contribution in [3.05, 3.63) is 0 Å². The van der Waals surface area contributed by atoms with E-state index in [0.717, 1.165) is 7.05 Å². The van der Waals surface area contributed by atoms with Crippen LogP contribution < -0.4 is 0 Å². The lowest BCUT2D eigenvalue weighted by molar-refractivity contribution is -0.125. The zero-order chi connectivity index (χ0) is 7.44. The van der Waals surface area contributed by atoms with Gasteiger partial charge in [0.1, 0.15) is 5.88 Å². The van der Waals surface area contributed by atoms with Crippen LogP contribution in [0.25, 0.3) is 0 Å². The first-order chi connectivity index (χ1) is 4.09. The van der Waals surface area contributed by atoms with Gasteiger partial charge in [-0.3, -0.25) is 4.79 Å². The van der Waals surface area contributed by atoms with Crippen molar-refractivity contribution in [1.82, 2.24) is 4.90 Å².